The maximum absolute atomic E-state index is 11.0. The van der Waals surface area contributed by atoms with Crippen LogP contribution in [-0.2, 0) is 14.2 Å². The lowest BCUT2D eigenvalue weighted by atomic mass is 10.2. The monoisotopic (exact) mass is 255 g/mol. The van der Waals surface area contributed by atoms with Gasteiger partial charge < -0.3 is 26.1 Å². The molecule has 0 aromatic rings. The Hall–Kier alpha value is -1.15. The molecule has 0 fully saturated rings. The number of urea groups is 1. The smallest absolute Gasteiger partial charge is 0.348 e. The van der Waals surface area contributed by atoms with Crippen molar-refractivity contribution in [1.29, 1.82) is 0 Å². The molecule has 0 heterocycles. The highest BCUT2D eigenvalue weighted by Crippen LogP contribution is 2.35. The zero-order valence-electron chi connectivity index (χ0n) is 8.33. The Morgan fingerprint density at radius 3 is 2.44 bits per heavy atom. The minimum Gasteiger partial charge on any atom is -0.349 e. The van der Waals surface area contributed by atoms with E-state index in [4.69, 9.17) is 15.5 Å². The van der Waals surface area contributed by atoms with Gasteiger partial charge in [-0.2, -0.15) is 5.48 Å². The van der Waals surface area contributed by atoms with Crippen LogP contribution in [0.1, 0.15) is 12.8 Å². The molecule has 0 spiro atoms. The molecule has 7 N–H and O–H groups in total. The normalized spacial score (nSPS) is 12.9. The summed E-state index contributed by atoms with van der Waals surface area (Å²) in [4.78, 5) is 42.4. The predicted molar refractivity (Wildman–Crippen MR) is 52.9 cm³/mol. The quantitative estimate of drug-likeness (QED) is 0.291. The van der Waals surface area contributed by atoms with E-state index in [1.54, 1.807) is 5.48 Å². The van der Waals surface area contributed by atoms with Crippen molar-refractivity contribution < 1.29 is 28.8 Å². The molecule has 10 heteroatoms. The first kappa shape index (κ1) is 14.8. The van der Waals surface area contributed by atoms with Crippen molar-refractivity contribution in [1.82, 2.24) is 5.48 Å². The minimum atomic E-state index is -4.08. The SMILES string of the molecule is NC(=O)NOC(=O)C(N)CCCP(=O)(O)O. The number of primary amides is 1. The zero-order valence-corrected chi connectivity index (χ0v) is 9.22. The topological polar surface area (TPSA) is 165 Å². The van der Waals surface area contributed by atoms with Crippen LogP contribution in [0.15, 0.2) is 0 Å². The summed E-state index contributed by atoms with van der Waals surface area (Å²) in [5.41, 5.74) is 11.5. The molecule has 0 saturated heterocycles. The Morgan fingerprint density at radius 1 is 1.44 bits per heavy atom. The number of nitrogens with one attached hydrogen (secondary N) is 1. The van der Waals surface area contributed by atoms with E-state index in [1.807, 2.05) is 0 Å². The molecule has 0 rings (SSSR count). The van der Waals surface area contributed by atoms with E-state index < -0.39 is 25.6 Å². The Morgan fingerprint density at radius 2 is 2.00 bits per heavy atom. The number of rotatable bonds is 5. The van der Waals surface area contributed by atoms with Crippen molar-refractivity contribution in [3.05, 3.63) is 0 Å². The molecule has 0 aromatic carbocycles. The molecule has 0 saturated carbocycles. The van der Waals surface area contributed by atoms with Gasteiger partial charge in [0, 0.05) is 6.16 Å². The molecule has 1 atom stereocenters. The molecule has 0 aliphatic carbocycles. The van der Waals surface area contributed by atoms with Gasteiger partial charge in [0.1, 0.15) is 6.04 Å². The molecular weight excluding hydrogens is 241 g/mol. The standard InChI is InChI=1S/C6H14N3O6P/c7-4(2-1-3-16(12,13)14)5(10)15-9-6(8)11/h4H,1-3,7H2,(H3,8,9,11)(H2,12,13,14). The minimum absolute atomic E-state index is 0.0321. The van der Waals surface area contributed by atoms with Crippen LogP contribution in [0.4, 0.5) is 4.79 Å². The first-order chi connectivity index (χ1) is 7.22. The average Bonchev–Trinajstić information content (AvgIpc) is 2.11. The number of hydroxylamine groups is 1. The van der Waals surface area contributed by atoms with Crippen molar-refractivity contribution in [3.63, 3.8) is 0 Å². The molecule has 9 nitrogen and oxygen atoms in total. The van der Waals surface area contributed by atoms with Crippen LogP contribution in [0.25, 0.3) is 0 Å². The Kier molecular flexibility index (Phi) is 5.97. The third-order valence-corrected chi connectivity index (χ3v) is 2.42. The van der Waals surface area contributed by atoms with E-state index in [1.165, 1.54) is 0 Å². The maximum Gasteiger partial charge on any atom is 0.348 e. The van der Waals surface area contributed by atoms with Gasteiger partial charge in [0.25, 0.3) is 0 Å². The summed E-state index contributed by atoms with van der Waals surface area (Å²) in [6.45, 7) is 0. The molecule has 0 bridgehead atoms. The van der Waals surface area contributed by atoms with Crippen LogP contribution in [-0.4, -0.2) is 34.0 Å². The Labute approximate surface area is 91.2 Å². The van der Waals surface area contributed by atoms with Crippen molar-refractivity contribution in [2.75, 3.05) is 6.16 Å². The number of nitrogens with two attached hydrogens (primary N) is 2. The fourth-order valence-electron chi connectivity index (χ4n) is 0.811. The maximum atomic E-state index is 11.0. The number of carbonyl (C=O) groups is 2. The van der Waals surface area contributed by atoms with E-state index in [0.29, 0.717) is 0 Å². The highest BCUT2D eigenvalue weighted by molar-refractivity contribution is 7.51. The predicted octanol–water partition coefficient (Wildman–Crippen LogP) is -1.60. The van der Waals surface area contributed by atoms with E-state index in [0.717, 1.165) is 0 Å². The Balaban J connectivity index is 3.80. The molecule has 0 radical (unpaired) electrons. The van der Waals surface area contributed by atoms with Crippen molar-refractivity contribution in [3.8, 4) is 0 Å². The van der Waals surface area contributed by atoms with Crippen LogP contribution in [0.2, 0.25) is 0 Å². The lowest BCUT2D eigenvalue weighted by Crippen LogP contribution is -2.39. The third-order valence-electron chi connectivity index (χ3n) is 1.52. The largest absolute Gasteiger partial charge is 0.349 e. The van der Waals surface area contributed by atoms with E-state index >= 15 is 0 Å². The van der Waals surface area contributed by atoms with E-state index in [9.17, 15) is 14.2 Å². The summed E-state index contributed by atoms with van der Waals surface area (Å²) in [5, 5.41) is 0. The summed E-state index contributed by atoms with van der Waals surface area (Å²) >= 11 is 0. The fraction of sp³-hybridized carbons (Fsp3) is 0.667. The number of hydrogen-bond acceptors (Lipinski definition) is 5. The molecule has 0 aromatic heterocycles. The van der Waals surface area contributed by atoms with Gasteiger partial charge in [0.15, 0.2) is 0 Å². The van der Waals surface area contributed by atoms with Crippen molar-refractivity contribution in [2.45, 2.75) is 18.9 Å². The number of hydrogen-bond donors (Lipinski definition) is 5. The second-order valence-electron chi connectivity index (χ2n) is 3.02. The average molecular weight is 255 g/mol. The molecule has 2 amide bonds. The van der Waals surface area contributed by atoms with Crippen LogP contribution in [0.3, 0.4) is 0 Å². The molecule has 16 heavy (non-hydrogen) atoms. The molecular formula is C6H14N3O6P. The van der Waals surface area contributed by atoms with E-state index in [-0.39, 0.29) is 19.0 Å². The molecule has 0 aliphatic heterocycles. The van der Waals surface area contributed by atoms with Crippen molar-refractivity contribution >= 4 is 19.6 Å². The number of amides is 2. The highest BCUT2D eigenvalue weighted by atomic mass is 31.2. The summed E-state index contributed by atoms with van der Waals surface area (Å²) in [6.07, 6.45) is -0.265. The van der Waals surface area contributed by atoms with Gasteiger partial charge in [-0.3, -0.25) is 4.57 Å². The first-order valence-corrected chi connectivity index (χ1v) is 6.08. The van der Waals surface area contributed by atoms with Gasteiger partial charge in [-0.25, -0.2) is 9.59 Å². The summed E-state index contributed by atoms with van der Waals surface area (Å²) < 4.78 is 10.5. The van der Waals surface area contributed by atoms with Gasteiger partial charge in [-0.15, -0.1) is 0 Å². The lowest BCUT2D eigenvalue weighted by Gasteiger charge is -2.10. The van der Waals surface area contributed by atoms with Crippen LogP contribution < -0.4 is 16.9 Å². The van der Waals surface area contributed by atoms with Crippen molar-refractivity contribution in [2.24, 2.45) is 11.5 Å². The second-order valence-corrected chi connectivity index (χ2v) is 4.80. The zero-order chi connectivity index (χ0) is 12.8. The summed E-state index contributed by atoms with van der Waals surface area (Å²) in [5.74, 6) is -0.926. The summed E-state index contributed by atoms with van der Waals surface area (Å²) in [6, 6.07) is -2.12. The molecule has 94 valence electrons. The van der Waals surface area contributed by atoms with E-state index in [2.05, 4.69) is 10.6 Å². The molecule has 1 unspecified atom stereocenters. The first-order valence-electron chi connectivity index (χ1n) is 4.28. The Bertz CT molecular complexity index is 303. The van der Waals surface area contributed by atoms with Gasteiger partial charge in [-0.05, 0) is 12.8 Å². The van der Waals surface area contributed by atoms with Crippen LogP contribution in [0.5, 0.6) is 0 Å². The number of carbonyl (C=O) groups excluding carboxylic acids is 2. The molecule has 0 aliphatic rings. The highest BCUT2D eigenvalue weighted by Gasteiger charge is 2.19. The van der Waals surface area contributed by atoms with Gasteiger partial charge >= 0.3 is 19.6 Å². The van der Waals surface area contributed by atoms with Gasteiger partial charge in [0.2, 0.25) is 0 Å². The second kappa shape index (κ2) is 6.44. The summed E-state index contributed by atoms with van der Waals surface area (Å²) in [7, 11) is -4.08. The lowest BCUT2D eigenvalue weighted by molar-refractivity contribution is -0.150. The van der Waals surface area contributed by atoms with Crippen LogP contribution >= 0.6 is 7.60 Å². The van der Waals surface area contributed by atoms with Gasteiger partial charge in [0.05, 0.1) is 0 Å². The fourth-order valence-corrected chi connectivity index (χ4v) is 1.41. The van der Waals surface area contributed by atoms with Crippen LogP contribution in [0, 0.1) is 0 Å². The third kappa shape index (κ3) is 8.18. The van der Waals surface area contributed by atoms with Gasteiger partial charge in [-0.1, -0.05) is 0 Å².